The van der Waals surface area contributed by atoms with Gasteiger partial charge in [0.2, 0.25) is 0 Å². The van der Waals surface area contributed by atoms with Crippen LogP contribution in [-0.2, 0) is 18.9 Å². The van der Waals surface area contributed by atoms with Gasteiger partial charge in [-0.1, -0.05) is 23.7 Å². The molecule has 3 nitrogen and oxygen atoms in total. The smallest absolute Gasteiger partial charge is 0.346 e. The number of aromatic nitrogens is 1. The summed E-state index contributed by atoms with van der Waals surface area (Å²) in [4.78, 5) is 16.5. The molecule has 1 amide bonds. The van der Waals surface area contributed by atoms with Crippen molar-refractivity contribution in [1.82, 2.24) is 10.3 Å². The highest BCUT2D eigenvalue weighted by atomic mass is 35.5. The van der Waals surface area contributed by atoms with Crippen LogP contribution in [0, 0.1) is 0 Å². The van der Waals surface area contributed by atoms with Crippen molar-refractivity contribution in [2.75, 3.05) is 0 Å². The number of carbonyl (C=O) groups is 1. The van der Waals surface area contributed by atoms with Crippen LogP contribution >= 0.6 is 22.9 Å². The van der Waals surface area contributed by atoms with Gasteiger partial charge in [-0.15, -0.1) is 11.3 Å². The fraction of sp³-hybridized carbons (Fsp3) is 0.158. The summed E-state index contributed by atoms with van der Waals surface area (Å²) < 4.78 is 77.5. The number of halogens is 7. The number of nitrogens with zero attached hydrogens (tertiary/aromatic N) is 1. The van der Waals surface area contributed by atoms with Gasteiger partial charge in [0.15, 0.2) is 0 Å². The van der Waals surface area contributed by atoms with Gasteiger partial charge in [-0.3, -0.25) is 4.79 Å². The van der Waals surface area contributed by atoms with Crippen molar-refractivity contribution in [3.05, 3.63) is 75.3 Å². The number of alkyl halides is 6. The Balaban J connectivity index is 1.77. The standard InChI is InChI=1S/C19H11ClF6N2OS/c20-14-3-1-10(2-4-14)17-28-15(9-30-17)8-27-16(29)11-5-12(18(21,22)23)7-13(6-11)19(24,25)26/h1-7,9H,8H2,(H,27,29). The van der Waals surface area contributed by atoms with E-state index in [4.69, 9.17) is 11.6 Å². The molecule has 0 aliphatic rings. The first kappa shape index (κ1) is 22.1. The summed E-state index contributed by atoms with van der Waals surface area (Å²) in [5.74, 6) is -1.08. The van der Waals surface area contributed by atoms with Crippen LogP contribution in [-0.4, -0.2) is 10.9 Å². The average molecular weight is 465 g/mol. The van der Waals surface area contributed by atoms with E-state index in [0.29, 0.717) is 27.9 Å². The molecule has 3 aromatic rings. The number of carbonyl (C=O) groups excluding carboxylic acids is 1. The van der Waals surface area contributed by atoms with E-state index in [0.717, 1.165) is 5.56 Å². The Morgan fingerprint density at radius 2 is 1.53 bits per heavy atom. The van der Waals surface area contributed by atoms with Gasteiger partial charge in [0.05, 0.1) is 23.4 Å². The summed E-state index contributed by atoms with van der Waals surface area (Å²) in [7, 11) is 0. The summed E-state index contributed by atoms with van der Waals surface area (Å²) in [6, 6.07) is 7.55. The van der Waals surface area contributed by atoms with E-state index in [9.17, 15) is 31.1 Å². The summed E-state index contributed by atoms with van der Waals surface area (Å²) in [6.07, 6.45) is -10.1. The maximum Gasteiger partial charge on any atom is 0.416 e. The van der Waals surface area contributed by atoms with Crippen LogP contribution in [0.2, 0.25) is 5.02 Å². The Morgan fingerprint density at radius 1 is 0.967 bits per heavy atom. The zero-order valence-electron chi connectivity index (χ0n) is 14.7. The second-order valence-electron chi connectivity index (χ2n) is 6.13. The Kier molecular flexibility index (Phi) is 6.09. The molecule has 158 valence electrons. The van der Waals surface area contributed by atoms with Gasteiger partial charge in [-0.25, -0.2) is 4.98 Å². The second-order valence-corrected chi connectivity index (χ2v) is 7.42. The lowest BCUT2D eigenvalue weighted by Gasteiger charge is -2.14. The Bertz CT molecular complexity index is 1030. The normalized spacial score (nSPS) is 12.1. The molecule has 0 aliphatic carbocycles. The minimum Gasteiger partial charge on any atom is -0.346 e. The zero-order chi connectivity index (χ0) is 22.1. The van der Waals surface area contributed by atoms with Crippen molar-refractivity contribution in [2.24, 2.45) is 0 Å². The molecule has 0 spiro atoms. The molecule has 30 heavy (non-hydrogen) atoms. The van der Waals surface area contributed by atoms with Gasteiger partial charge in [-0.05, 0) is 30.3 Å². The van der Waals surface area contributed by atoms with E-state index >= 15 is 0 Å². The maximum absolute atomic E-state index is 12.9. The highest BCUT2D eigenvalue weighted by molar-refractivity contribution is 7.13. The molecule has 0 unspecified atom stereocenters. The Morgan fingerprint density at radius 3 is 2.07 bits per heavy atom. The lowest BCUT2D eigenvalue weighted by Crippen LogP contribution is -2.24. The summed E-state index contributed by atoms with van der Waals surface area (Å²) in [5, 5.41) is 5.08. The monoisotopic (exact) mass is 464 g/mol. The maximum atomic E-state index is 12.9. The molecule has 11 heteroatoms. The number of hydrogen-bond donors (Lipinski definition) is 1. The van der Waals surface area contributed by atoms with Gasteiger partial charge < -0.3 is 5.32 Å². The number of rotatable bonds is 4. The highest BCUT2D eigenvalue weighted by Crippen LogP contribution is 2.36. The molecule has 2 aromatic carbocycles. The van der Waals surface area contributed by atoms with Crippen LogP contribution in [0.5, 0.6) is 0 Å². The lowest BCUT2D eigenvalue weighted by atomic mass is 10.0. The minimum atomic E-state index is -5.03. The van der Waals surface area contributed by atoms with Gasteiger partial charge >= 0.3 is 12.4 Å². The molecule has 1 aromatic heterocycles. The fourth-order valence-corrected chi connectivity index (χ4v) is 3.42. The number of nitrogens with one attached hydrogen (secondary N) is 1. The van der Waals surface area contributed by atoms with Crippen LogP contribution in [0.15, 0.2) is 47.8 Å². The topological polar surface area (TPSA) is 42.0 Å². The summed E-state index contributed by atoms with van der Waals surface area (Å²) in [6.45, 7) is -0.166. The first-order valence-corrected chi connectivity index (χ1v) is 9.47. The molecule has 0 radical (unpaired) electrons. The first-order valence-electron chi connectivity index (χ1n) is 8.21. The van der Waals surface area contributed by atoms with E-state index in [2.05, 4.69) is 10.3 Å². The van der Waals surface area contributed by atoms with E-state index in [1.807, 2.05) is 0 Å². The van der Waals surface area contributed by atoms with Crippen molar-refractivity contribution in [2.45, 2.75) is 18.9 Å². The van der Waals surface area contributed by atoms with Gasteiger partial charge in [0, 0.05) is 21.5 Å². The van der Waals surface area contributed by atoms with E-state index in [-0.39, 0.29) is 12.6 Å². The van der Waals surface area contributed by atoms with Crippen LogP contribution < -0.4 is 5.32 Å². The Hall–Kier alpha value is -2.59. The predicted molar refractivity (Wildman–Crippen MR) is 100 cm³/mol. The number of benzene rings is 2. The first-order chi connectivity index (χ1) is 13.9. The molecule has 3 rings (SSSR count). The number of amides is 1. The molecule has 0 aliphatic heterocycles. The molecule has 0 saturated heterocycles. The van der Waals surface area contributed by atoms with Crippen molar-refractivity contribution in [3.63, 3.8) is 0 Å². The Labute approximate surface area is 175 Å². The molecule has 1 N–H and O–H groups in total. The number of hydrogen-bond acceptors (Lipinski definition) is 3. The van der Waals surface area contributed by atoms with Gasteiger partial charge in [-0.2, -0.15) is 26.3 Å². The van der Waals surface area contributed by atoms with Crippen LogP contribution in [0.1, 0.15) is 27.2 Å². The third-order valence-corrected chi connectivity index (χ3v) is 5.11. The summed E-state index contributed by atoms with van der Waals surface area (Å²) in [5.41, 5.74) is -2.68. The van der Waals surface area contributed by atoms with E-state index in [1.54, 1.807) is 29.6 Å². The number of thiazole rings is 1. The van der Waals surface area contributed by atoms with Crippen molar-refractivity contribution >= 4 is 28.8 Å². The van der Waals surface area contributed by atoms with E-state index < -0.39 is 35.0 Å². The third-order valence-electron chi connectivity index (χ3n) is 3.92. The quantitative estimate of drug-likeness (QED) is 0.452. The second kappa shape index (κ2) is 8.27. The van der Waals surface area contributed by atoms with Crippen molar-refractivity contribution in [1.29, 1.82) is 0 Å². The molecule has 1 heterocycles. The van der Waals surface area contributed by atoms with Crippen LogP contribution in [0.25, 0.3) is 10.6 Å². The lowest BCUT2D eigenvalue weighted by molar-refractivity contribution is -0.143. The fourth-order valence-electron chi connectivity index (χ4n) is 2.47. The molecule has 0 atom stereocenters. The average Bonchev–Trinajstić information content (AvgIpc) is 3.14. The van der Waals surface area contributed by atoms with Gasteiger partial charge in [0.1, 0.15) is 5.01 Å². The molecule has 0 bridgehead atoms. The molecule has 0 saturated carbocycles. The SMILES string of the molecule is O=C(NCc1csc(-c2ccc(Cl)cc2)n1)c1cc(C(F)(F)F)cc(C(F)(F)F)c1. The van der Waals surface area contributed by atoms with Crippen LogP contribution in [0.4, 0.5) is 26.3 Å². The minimum absolute atomic E-state index is 0.0321. The largest absolute Gasteiger partial charge is 0.416 e. The third kappa shape index (κ3) is 5.31. The van der Waals surface area contributed by atoms with Crippen LogP contribution in [0.3, 0.4) is 0 Å². The predicted octanol–water partition coefficient (Wildman–Crippen LogP) is 6.43. The zero-order valence-corrected chi connectivity index (χ0v) is 16.3. The summed E-state index contributed by atoms with van der Waals surface area (Å²) >= 11 is 7.08. The molecule has 0 fully saturated rings. The van der Waals surface area contributed by atoms with Crippen molar-refractivity contribution < 1.29 is 31.1 Å². The highest BCUT2D eigenvalue weighted by Gasteiger charge is 2.37. The van der Waals surface area contributed by atoms with Gasteiger partial charge in [0.25, 0.3) is 5.91 Å². The molecular weight excluding hydrogens is 454 g/mol. The van der Waals surface area contributed by atoms with Crippen molar-refractivity contribution in [3.8, 4) is 10.6 Å². The molecular formula is C19H11ClF6N2OS. The van der Waals surface area contributed by atoms with E-state index in [1.165, 1.54) is 11.3 Å².